The van der Waals surface area contributed by atoms with Gasteiger partial charge in [-0.3, -0.25) is 0 Å². The second-order valence-electron chi connectivity index (χ2n) is 3.71. The molecule has 1 aromatic heterocycles. The number of hydrogen-bond donors (Lipinski definition) is 0. The van der Waals surface area contributed by atoms with Crippen LogP contribution < -0.4 is 0 Å². The van der Waals surface area contributed by atoms with Crippen molar-refractivity contribution in [2.24, 2.45) is 0 Å². The molecule has 0 amide bonds. The summed E-state index contributed by atoms with van der Waals surface area (Å²) in [6.45, 7) is 2.11. The quantitative estimate of drug-likeness (QED) is 0.734. The number of furan rings is 1. The molecule has 15 heavy (non-hydrogen) atoms. The molecule has 0 unspecified atom stereocenters. The first-order valence-corrected chi connectivity index (χ1v) is 5.50. The van der Waals surface area contributed by atoms with E-state index in [1.807, 2.05) is 6.07 Å². The van der Waals surface area contributed by atoms with E-state index in [1.54, 1.807) is 0 Å². The van der Waals surface area contributed by atoms with Crippen molar-refractivity contribution in [1.29, 1.82) is 0 Å². The summed E-state index contributed by atoms with van der Waals surface area (Å²) in [4.78, 5) is 0. The Labute approximate surface area is 90.7 Å². The molecule has 1 aromatic carbocycles. The smallest absolute Gasteiger partial charge is 0.104 e. The first-order valence-electron chi connectivity index (χ1n) is 5.50. The predicted molar refractivity (Wildman–Crippen MR) is 61.9 cm³/mol. The average molecular weight is 200 g/mol. The highest BCUT2D eigenvalue weighted by molar-refractivity contribution is 5.16. The highest BCUT2D eigenvalue weighted by Crippen LogP contribution is 2.11. The van der Waals surface area contributed by atoms with Crippen molar-refractivity contribution in [1.82, 2.24) is 0 Å². The maximum Gasteiger partial charge on any atom is 0.104 e. The van der Waals surface area contributed by atoms with Gasteiger partial charge < -0.3 is 4.42 Å². The van der Waals surface area contributed by atoms with Crippen LogP contribution in [0.3, 0.4) is 0 Å². The molecule has 0 radical (unpaired) electrons. The van der Waals surface area contributed by atoms with E-state index in [0.29, 0.717) is 0 Å². The Kier molecular flexibility index (Phi) is 3.23. The predicted octanol–water partition coefficient (Wildman–Crippen LogP) is 3.63. The number of rotatable bonds is 4. The minimum Gasteiger partial charge on any atom is -0.466 e. The van der Waals surface area contributed by atoms with E-state index in [1.165, 1.54) is 5.56 Å². The monoisotopic (exact) mass is 200 g/mol. The summed E-state index contributed by atoms with van der Waals surface area (Å²) in [6, 6.07) is 14.7. The van der Waals surface area contributed by atoms with Gasteiger partial charge in [0.25, 0.3) is 0 Å². The standard InChI is InChI=1S/C14H16O/c1-2-13-10-11-14(15-13)9-8-12-6-4-3-5-7-12/h3-7,10-11H,2,8-9H2,1H3. The third-order valence-electron chi connectivity index (χ3n) is 2.57. The summed E-state index contributed by atoms with van der Waals surface area (Å²) >= 11 is 0. The number of aryl methyl sites for hydroxylation is 3. The number of hydrogen-bond acceptors (Lipinski definition) is 1. The normalized spacial score (nSPS) is 10.5. The van der Waals surface area contributed by atoms with Crippen LogP contribution >= 0.6 is 0 Å². The second-order valence-corrected chi connectivity index (χ2v) is 3.71. The summed E-state index contributed by atoms with van der Waals surface area (Å²) in [5.41, 5.74) is 1.37. The zero-order valence-corrected chi connectivity index (χ0v) is 9.07. The molecule has 1 heterocycles. The van der Waals surface area contributed by atoms with Crippen LogP contribution in [0.25, 0.3) is 0 Å². The zero-order valence-electron chi connectivity index (χ0n) is 9.07. The molecule has 0 aliphatic carbocycles. The lowest BCUT2D eigenvalue weighted by Crippen LogP contribution is -1.88. The van der Waals surface area contributed by atoms with Crippen LogP contribution in [0.4, 0.5) is 0 Å². The van der Waals surface area contributed by atoms with Crippen LogP contribution in [0, 0.1) is 0 Å². The topological polar surface area (TPSA) is 13.1 Å². The van der Waals surface area contributed by atoms with Crippen LogP contribution in [0.15, 0.2) is 46.9 Å². The Morgan fingerprint density at radius 3 is 2.27 bits per heavy atom. The van der Waals surface area contributed by atoms with Gasteiger partial charge in [-0.1, -0.05) is 37.3 Å². The molecule has 0 fully saturated rings. The number of benzene rings is 1. The van der Waals surface area contributed by atoms with Gasteiger partial charge in [-0.2, -0.15) is 0 Å². The Balaban J connectivity index is 1.93. The van der Waals surface area contributed by atoms with Crippen molar-refractivity contribution in [2.45, 2.75) is 26.2 Å². The van der Waals surface area contributed by atoms with Crippen molar-refractivity contribution >= 4 is 0 Å². The summed E-state index contributed by atoms with van der Waals surface area (Å²) in [6.07, 6.45) is 3.02. The van der Waals surface area contributed by atoms with Crippen LogP contribution in [-0.4, -0.2) is 0 Å². The maximum absolute atomic E-state index is 5.65. The lowest BCUT2D eigenvalue weighted by atomic mass is 10.1. The Bertz CT molecular complexity index is 400. The van der Waals surface area contributed by atoms with Crippen LogP contribution in [-0.2, 0) is 19.3 Å². The molecule has 0 atom stereocenters. The molecule has 1 nitrogen and oxygen atoms in total. The minimum atomic E-state index is 0.978. The molecule has 0 aliphatic rings. The average Bonchev–Trinajstić information content (AvgIpc) is 2.76. The van der Waals surface area contributed by atoms with Crippen molar-refractivity contribution in [3.05, 3.63) is 59.5 Å². The van der Waals surface area contributed by atoms with Crippen molar-refractivity contribution < 1.29 is 4.42 Å². The van der Waals surface area contributed by atoms with E-state index < -0.39 is 0 Å². The van der Waals surface area contributed by atoms with Gasteiger partial charge in [-0.15, -0.1) is 0 Å². The van der Waals surface area contributed by atoms with Gasteiger partial charge in [0.1, 0.15) is 11.5 Å². The fourth-order valence-electron chi connectivity index (χ4n) is 1.66. The molecule has 0 saturated heterocycles. The lowest BCUT2D eigenvalue weighted by Gasteiger charge is -1.98. The molecule has 0 aliphatic heterocycles. The van der Waals surface area contributed by atoms with Crippen LogP contribution in [0.2, 0.25) is 0 Å². The Morgan fingerprint density at radius 2 is 1.60 bits per heavy atom. The van der Waals surface area contributed by atoms with E-state index >= 15 is 0 Å². The van der Waals surface area contributed by atoms with Crippen molar-refractivity contribution in [2.75, 3.05) is 0 Å². The molecule has 0 bridgehead atoms. The molecular formula is C14H16O. The summed E-state index contributed by atoms with van der Waals surface area (Å²) in [7, 11) is 0. The van der Waals surface area contributed by atoms with Crippen LogP contribution in [0.1, 0.15) is 24.0 Å². The molecule has 2 aromatic rings. The van der Waals surface area contributed by atoms with Gasteiger partial charge in [-0.05, 0) is 24.1 Å². The summed E-state index contributed by atoms with van der Waals surface area (Å²) in [5, 5.41) is 0. The molecule has 0 N–H and O–H groups in total. The molecule has 78 valence electrons. The summed E-state index contributed by atoms with van der Waals surface area (Å²) < 4.78 is 5.65. The highest BCUT2D eigenvalue weighted by Gasteiger charge is 2.00. The van der Waals surface area contributed by atoms with E-state index in [2.05, 4.69) is 43.3 Å². The Hall–Kier alpha value is -1.50. The maximum atomic E-state index is 5.65. The van der Waals surface area contributed by atoms with Gasteiger partial charge in [0.15, 0.2) is 0 Å². The molecular weight excluding hydrogens is 184 g/mol. The fourth-order valence-corrected chi connectivity index (χ4v) is 1.66. The first-order chi connectivity index (χ1) is 7.38. The largest absolute Gasteiger partial charge is 0.466 e. The minimum absolute atomic E-state index is 0.978. The summed E-state index contributed by atoms with van der Waals surface area (Å²) in [5.74, 6) is 2.17. The van der Waals surface area contributed by atoms with Crippen molar-refractivity contribution in [3.8, 4) is 0 Å². The first kappa shape index (κ1) is 10.0. The van der Waals surface area contributed by atoms with Gasteiger partial charge in [0.05, 0.1) is 0 Å². The van der Waals surface area contributed by atoms with Crippen molar-refractivity contribution in [3.63, 3.8) is 0 Å². The SMILES string of the molecule is CCc1ccc(CCc2ccccc2)o1. The van der Waals surface area contributed by atoms with E-state index in [9.17, 15) is 0 Å². The third-order valence-corrected chi connectivity index (χ3v) is 2.57. The lowest BCUT2D eigenvalue weighted by molar-refractivity contribution is 0.469. The van der Waals surface area contributed by atoms with E-state index in [0.717, 1.165) is 30.8 Å². The van der Waals surface area contributed by atoms with Gasteiger partial charge in [0.2, 0.25) is 0 Å². The molecule has 1 heteroatoms. The van der Waals surface area contributed by atoms with E-state index in [4.69, 9.17) is 4.42 Å². The van der Waals surface area contributed by atoms with E-state index in [-0.39, 0.29) is 0 Å². The second kappa shape index (κ2) is 4.83. The zero-order chi connectivity index (χ0) is 10.5. The van der Waals surface area contributed by atoms with Gasteiger partial charge in [-0.25, -0.2) is 0 Å². The molecule has 2 rings (SSSR count). The van der Waals surface area contributed by atoms with Gasteiger partial charge >= 0.3 is 0 Å². The fraction of sp³-hybridized carbons (Fsp3) is 0.286. The van der Waals surface area contributed by atoms with Crippen LogP contribution in [0.5, 0.6) is 0 Å². The molecule has 0 spiro atoms. The Morgan fingerprint density at radius 1 is 0.867 bits per heavy atom. The van der Waals surface area contributed by atoms with Gasteiger partial charge in [0, 0.05) is 12.8 Å². The molecule has 0 saturated carbocycles. The third kappa shape index (κ3) is 2.72. The highest BCUT2D eigenvalue weighted by atomic mass is 16.3.